The molecule has 0 aliphatic carbocycles. The van der Waals surface area contributed by atoms with Gasteiger partial charge >= 0.3 is 0 Å². The lowest BCUT2D eigenvalue weighted by atomic mass is 9.85. The third-order valence-corrected chi connectivity index (χ3v) is 7.14. The van der Waals surface area contributed by atoms with E-state index in [2.05, 4.69) is 21.3 Å². The van der Waals surface area contributed by atoms with Crippen LogP contribution in [0.2, 0.25) is 0 Å². The molecule has 2 rings (SSSR count). The minimum atomic E-state index is -1.32. The number of rotatable bonds is 12. The summed E-state index contributed by atoms with van der Waals surface area (Å²) in [5.41, 5.74) is 0.863. The lowest BCUT2D eigenvalue weighted by Crippen LogP contribution is -2.59. The molecule has 1 unspecified atom stereocenters. The molecule has 0 bridgehead atoms. The van der Waals surface area contributed by atoms with Crippen LogP contribution in [0.25, 0.3) is 0 Å². The molecule has 11 heteroatoms. The van der Waals surface area contributed by atoms with Crippen molar-refractivity contribution in [2.75, 3.05) is 13.1 Å². The van der Waals surface area contributed by atoms with Crippen molar-refractivity contribution in [1.82, 2.24) is 26.2 Å². The first-order valence-corrected chi connectivity index (χ1v) is 16.9. The number of nitrogens with zero attached hydrogens (tertiary/aromatic N) is 1. The summed E-state index contributed by atoms with van der Waals surface area (Å²) in [5.74, 6) is -3.75. The summed E-state index contributed by atoms with van der Waals surface area (Å²) in [6.07, 6.45) is 1.56. The van der Waals surface area contributed by atoms with Crippen molar-refractivity contribution in [1.29, 1.82) is 0 Å². The number of aryl methyl sites for hydroxylation is 1. The second-order valence-corrected chi connectivity index (χ2v) is 13.7. The zero-order chi connectivity index (χ0) is 36.5. The van der Waals surface area contributed by atoms with Gasteiger partial charge in [-0.2, -0.15) is 0 Å². The lowest BCUT2D eigenvalue weighted by Gasteiger charge is -2.33. The maximum atomic E-state index is 13.5. The fourth-order valence-corrected chi connectivity index (χ4v) is 4.66. The van der Waals surface area contributed by atoms with Gasteiger partial charge in [0.15, 0.2) is 0 Å². The van der Waals surface area contributed by atoms with E-state index in [0.717, 1.165) is 24.0 Å². The number of carbonyl (C=O) groups excluding carboxylic acids is 6. The summed E-state index contributed by atoms with van der Waals surface area (Å²) < 4.78 is 0. The molecule has 47 heavy (non-hydrogen) atoms. The van der Waals surface area contributed by atoms with Crippen LogP contribution in [0.5, 0.6) is 0 Å². The summed E-state index contributed by atoms with van der Waals surface area (Å²) in [6, 6.07) is 3.94. The topological polar surface area (TPSA) is 154 Å². The van der Waals surface area contributed by atoms with Gasteiger partial charge < -0.3 is 26.2 Å². The third kappa shape index (κ3) is 16.1. The van der Waals surface area contributed by atoms with E-state index in [0.29, 0.717) is 13.1 Å². The number of nitrogens with one attached hydrogen (secondary N) is 4. The summed E-state index contributed by atoms with van der Waals surface area (Å²) in [7, 11) is 0. The number of carbonyl (C=O) groups is 6. The average Bonchev–Trinajstić information content (AvgIpc) is 3.54. The maximum Gasteiger partial charge on any atom is 0.289 e. The molecule has 1 aromatic carbocycles. The molecule has 1 aliphatic heterocycles. The molecule has 0 aromatic heterocycles. The van der Waals surface area contributed by atoms with E-state index < -0.39 is 47.0 Å². The smallest absolute Gasteiger partial charge is 0.289 e. The molecule has 3 atom stereocenters. The Hall–Kier alpha value is -3.76. The van der Waals surface area contributed by atoms with Crippen molar-refractivity contribution >= 4 is 35.3 Å². The number of likely N-dealkylation sites (tertiary alicyclic amines) is 1. The summed E-state index contributed by atoms with van der Waals surface area (Å²) in [6.45, 7) is 23.7. The Balaban J connectivity index is 0.00000508. The van der Waals surface area contributed by atoms with E-state index in [1.54, 1.807) is 25.7 Å². The van der Waals surface area contributed by atoms with E-state index in [4.69, 9.17) is 0 Å². The van der Waals surface area contributed by atoms with Gasteiger partial charge in [-0.25, -0.2) is 0 Å². The maximum absolute atomic E-state index is 13.5. The Morgan fingerprint density at radius 1 is 0.787 bits per heavy atom. The molecule has 0 saturated carbocycles. The van der Waals surface area contributed by atoms with Crippen molar-refractivity contribution in [3.8, 4) is 0 Å². The number of benzene rings is 1. The second kappa shape index (κ2) is 20.5. The number of Topliss-reactive ketones (excluding diaryl/α,β-unsaturated/α-hetero) is 1. The highest BCUT2D eigenvalue weighted by Crippen LogP contribution is 2.23. The molecular weight excluding hydrogens is 598 g/mol. The molecule has 5 amide bonds. The molecular formula is C36H61N5O6. The Kier molecular flexibility index (Phi) is 18.8. The largest absolute Gasteiger partial charge is 0.345 e. The predicted molar refractivity (Wildman–Crippen MR) is 186 cm³/mol. The summed E-state index contributed by atoms with van der Waals surface area (Å²) in [4.78, 5) is 79.6. The number of hydrogen-bond acceptors (Lipinski definition) is 6. The summed E-state index contributed by atoms with van der Waals surface area (Å²) in [5, 5.41) is 10.5. The molecule has 0 radical (unpaired) electrons. The number of ketones is 1. The van der Waals surface area contributed by atoms with Gasteiger partial charge in [-0.15, -0.1) is 0 Å². The van der Waals surface area contributed by atoms with Crippen molar-refractivity contribution in [3.63, 3.8) is 0 Å². The van der Waals surface area contributed by atoms with Gasteiger partial charge in [-0.05, 0) is 43.1 Å². The highest BCUT2D eigenvalue weighted by Gasteiger charge is 2.37. The first kappa shape index (κ1) is 43.2. The van der Waals surface area contributed by atoms with Crippen molar-refractivity contribution < 1.29 is 28.8 Å². The van der Waals surface area contributed by atoms with Gasteiger partial charge in [0.05, 0.1) is 12.5 Å². The van der Waals surface area contributed by atoms with Crippen LogP contribution in [-0.2, 0) is 35.3 Å². The lowest BCUT2D eigenvalue weighted by molar-refractivity contribution is -0.141. The van der Waals surface area contributed by atoms with E-state index in [1.807, 2.05) is 79.7 Å². The van der Waals surface area contributed by atoms with Crippen molar-refractivity contribution in [2.45, 2.75) is 133 Å². The zero-order valence-electron chi connectivity index (χ0n) is 30.9. The molecule has 4 N–H and O–H groups in total. The number of amides is 5. The van der Waals surface area contributed by atoms with E-state index in [-0.39, 0.29) is 36.6 Å². The fraction of sp³-hybridized carbons (Fsp3) is 0.667. The van der Waals surface area contributed by atoms with Gasteiger partial charge in [-0.3, -0.25) is 28.8 Å². The van der Waals surface area contributed by atoms with Gasteiger partial charge in [-0.1, -0.05) is 99.1 Å². The Labute approximate surface area is 282 Å². The standard InChI is InChI=1S/C32H49N5O6.2C2H6/c1-20-11-13-22(14-12-20)19-33-29(42)26(40)21(2)34-28(41)23(17-25(39)37-15-9-10-16-37)35-30(43)27(32(6,7)8)36-24(38)18-31(3,4)5;2*1-2/h11-14,21,23,27H,9-10,15-19H2,1-8H3,(H,33,42)(H,34,41)(H,35,43)(H,36,38);2*1-2H3/t21?,23-,27+;;/m0../s1. The molecule has 266 valence electrons. The van der Waals surface area contributed by atoms with Crippen LogP contribution < -0.4 is 21.3 Å². The first-order chi connectivity index (χ1) is 21.9. The zero-order valence-corrected chi connectivity index (χ0v) is 30.9. The molecule has 0 spiro atoms. The van der Waals surface area contributed by atoms with Crippen molar-refractivity contribution in [3.05, 3.63) is 35.4 Å². The van der Waals surface area contributed by atoms with Crippen LogP contribution in [-0.4, -0.2) is 71.4 Å². The second-order valence-electron chi connectivity index (χ2n) is 13.7. The average molecular weight is 660 g/mol. The van der Waals surface area contributed by atoms with Crippen LogP contribution in [0.3, 0.4) is 0 Å². The van der Waals surface area contributed by atoms with Crippen LogP contribution >= 0.6 is 0 Å². The van der Waals surface area contributed by atoms with Crippen LogP contribution in [0, 0.1) is 17.8 Å². The third-order valence-electron chi connectivity index (χ3n) is 7.14. The Bertz CT molecular complexity index is 1180. The van der Waals surface area contributed by atoms with Gasteiger partial charge in [0.1, 0.15) is 12.1 Å². The molecule has 1 aliphatic rings. The van der Waals surface area contributed by atoms with Crippen LogP contribution in [0.15, 0.2) is 24.3 Å². The Morgan fingerprint density at radius 2 is 1.32 bits per heavy atom. The summed E-state index contributed by atoms with van der Waals surface area (Å²) >= 11 is 0. The molecule has 1 heterocycles. The van der Waals surface area contributed by atoms with Gasteiger partial charge in [0.2, 0.25) is 29.4 Å². The molecule has 11 nitrogen and oxygen atoms in total. The highest BCUT2D eigenvalue weighted by molar-refractivity contribution is 6.38. The quantitative estimate of drug-likeness (QED) is 0.247. The SMILES string of the molecule is CC.CC.Cc1ccc(CNC(=O)C(=O)C(C)NC(=O)[C@H](CC(=O)N2CCCC2)NC(=O)[C@@H](NC(=O)CC(C)(C)C)C(C)(C)C)cc1. The normalized spacial score (nSPS) is 14.5. The van der Waals surface area contributed by atoms with Crippen LogP contribution in [0.4, 0.5) is 0 Å². The van der Waals surface area contributed by atoms with Crippen LogP contribution in [0.1, 0.15) is 113 Å². The van der Waals surface area contributed by atoms with E-state index >= 15 is 0 Å². The van der Waals surface area contributed by atoms with E-state index in [9.17, 15) is 28.8 Å². The van der Waals surface area contributed by atoms with E-state index in [1.165, 1.54) is 6.92 Å². The minimum Gasteiger partial charge on any atom is -0.345 e. The molecule has 1 saturated heterocycles. The highest BCUT2D eigenvalue weighted by atomic mass is 16.2. The fourth-order valence-electron chi connectivity index (χ4n) is 4.66. The monoisotopic (exact) mass is 659 g/mol. The predicted octanol–water partition coefficient (Wildman–Crippen LogP) is 4.20. The van der Waals surface area contributed by atoms with Gasteiger partial charge in [0.25, 0.3) is 5.91 Å². The number of hydrogen-bond donors (Lipinski definition) is 4. The van der Waals surface area contributed by atoms with Crippen molar-refractivity contribution in [2.24, 2.45) is 10.8 Å². The Morgan fingerprint density at radius 3 is 1.81 bits per heavy atom. The minimum absolute atomic E-state index is 0.143. The molecule has 1 fully saturated rings. The molecule has 1 aromatic rings. The van der Waals surface area contributed by atoms with Gasteiger partial charge in [0, 0.05) is 26.1 Å². The first-order valence-electron chi connectivity index (χ1n) is 16.9.